The van der Waals surface area contributed by atoms with Gasteiger partial charge in [0.1, 0.15) is 0 Å². The Morgan fingerprint density at radius 2 is 1.71 bits per heavy atom. The SMILES string of the molecule is N=C(N)C1CCCN(S(=O)(=O)N2CCCC2)C1. The van der Waals surface area contributed by atoms with Crippen LogP contribution in [-0.4, -0.2) is 49.0 Å². The molecular weight excluding hydrogens is 240 g/mol. The Morgan fingerprint density at radius 3 is 2.29 bits per heavy atom. The molecule has 3 N–H and O–H groups in total. The maximum Gasteiger partial charge on any atom is 0.281 e. The lowest BCUT2D eigenvalue weighted by atomic mass is 9.99. The molecule has 0 saturated carbocycles. The Balaban J connectivity index is 2.08. The van der Waals surface area contributed by atoms with Crippen molar-refractivity contribution in [2.75, 3.05) is 26.2 Å². The number of nitrogens with zero attached hydrogens (tertiary/aromatic N) is 2. The highest BCUT2D eigenvalue weighted by Crippen LogP contribution is 2.23. The Hall–Kier alpha value is -0.660. The lowest BCUT2D eigenvalue weighted by Crippen LogP contribution is -2.49. The molecule has 0 aliphatic carbocycles. The highest BCUT2D eigenvalue weighted by molar-refractivity contribution is 7.86. The van der Waals surface area contributed by atoms with Crippen LogP contribution in [0.15, 0.2) is 0 Å². The number of amidine groups is 1. The van der Waals surface area contributed by atoms with E-state index in [1.807, 2.05) is 0 Å². The minimum Gasteiger partial charge on any atom is -0.387 e. The number of hydrogen-bond donors (Lipinski definition) is 2. The Kier molecular flexibility index (Phi) is 3.70. The number of nitrogens with two attached hydrogens (primary N) is 1. The summed E-state index contributed by atoms with van der Waals surface area (Å²) < 4.78 is 27.6. The van der Waals surface area contributed by atoms with Gasteiger partial charge in [0.25, 0.3) is 10.2 Å². The standard InChI is InChI=1S/C10H20N4O2S/c11-10(12)9-4-3-7-14(8-9)17(15,16)13-5-1-2-6-13/h9H,1-8H2,(H3,11,12). The fourth-order valence-electron chi connectivity index (χ4n) is 2.49. The first-order chi connectivity index (χ1) is 8.01. The van der Waals surface area contributed by atoms with Crippen LogP contribution >= 0.6 is 0 Å². The van der Waals surface area contributed by atoms with Crippen LogP contribution < -0.4 is 5.73 Å². The molecule has 2 saturated heterocycles. The predicted molar refractivity (Wildman–Crippen MR) is 65.9 cm³/mol. The zero-order valence-corrected chi connectivity index (χ0v) is 10.7. The third-order valence-electron chi connectivity index (χ3n) is 3.54. The first-order valence-electron chi connectivity index (χ1n) is 6.11. The van der Waals surface area contributed by atoms with E-state index in [1.54, 1.807) is 4.31 Å². The van der Waals surface area contributed by atoms with Gasteiger partial charge in [-0.2, -0.15) is 17.0 Å². The third-order valence-corrected chi connectivity index (χ3v) is 5.54. The van der Waals surface area contributed by atoms with E-state index in [1.165, 1.54) is 4.31 Å². The van der Waals surface area contributed by atoms with E-state index < -0.39 is 10.2 Å². The van der Waals surface area contributed by atoms with Gasteiger partial charge in [-0.1, -0.05) is 0 Å². The smallest absolute Gasteiger partial charge is 0.281 e. The van der Waals surface area contributed by atoms with Crippen LogP contribution in [0.2, 0.25) is 0 Å². The van der Waals surface area contributed by atoms with Crippen LogP contribution in [-0.2, 0) is 10.2 Å². The molecule has 1 atom stereocenters. The molecule has 0 aromatic rings. The maximum absolute atomic E-state index is 12.3. The van der Waals surface area contributed by atoms with Crippen molar-refractivity contribution in [2.45, 2.75) is 25.7 Å². The molecule has 2 aliphatic heterocycles. The monoisotopic (exact) mass is 260 g/mol. The molecule has 0 amide bonds. The van der Waals surface area contributed by atoms with Crippen molar-refractivity contribution in [2.24, 2.45) is 11.7 Å². The highest BCUT2D eigenvalue weighted by atomic mass is 32.2. The summed E-state index contributed by atoms with van der Waals surface area (Å²) in [6.07, 6.45) is 3.51. The van der Waals surface area contributed by atoms with Crippen molar-refractivity contribution in [3.63, 3.8) is 0 Å². The van der Waals surface area contributed by atoms with E-state index in [9.17, 15) is 8.42 Å². The molecular formula is C10H20N4O2S. The van der Waals surface area contributed by atoms with Crippen molar-refractivity contribution >= 4 is 16.0 Å². The van der Waals surface area contributed by atoms with Crippen LogP contribution in [0.4, 0.5) is 0 Å². The van der Waals surface area contributed by atoms with E-state index in [0.717, 1.165) is 25.7 Å². The highest BCUT2D eigenvalue weighted by Gasteiger charge is 2.35. The van der Waals surface area contributed by atoms with Gasteiger partial charge in [-0.25, -0.2) is 0 Å². The molecule has 2 aliphatic rings. The lowest BCUT2D eigenvalue weighted by Gasteiger charge is -2.33. The predicted octanol–water partition coefficient (Wildman–Crippen LogP) is -0.0250. The van der Waals surface area contributed by atoms with Crippen LogP contribution in [0.3, 0.4) is 0 Å². The Morgan fingerprint density at radius 1 is 1.12 bits per heavy atom. The summed E-state index contributed by atoms with van der Waals surface area (Å²) in [4.78, 5) is 0. The van der Waals surface area contributed by atoms with Gasteiger partial charge in [-0.05, 0) is 25.7 Å². The largest absolute Gasteiger partial charge is 0.387 e. The van der Waals surface area contributed by atoms with Crippen molar-refractivity contribution in [3.8, 4) is 0 Å². The number of hydrogen-bond acceptors (Lipinski definition) is 3. The molecule has 2 rings (SSSR count). The zero-order valence-electron chi connectivity index (χ0n) is 9.93. The van der Waals surface area contributed by atoms with E-state index in [0.29, 0.717) is 26.2 Å². The van der Waals surface area contributed by atoms with Gasteiger partial charge in [0, 0.05) is 32.1 Å². The van der Waals surface area contributed by atoms with E-state index in [4.69, 9.17) is 11.1 Å². The van der Waals surface area contributed by atoms with Crippen LogP contribution in [0, 0.1) is 11.3 Å². The third kappa shape index (κ3) is 2.61. The second-order valence-electron chi connectivity index (χ2n) is 4.77. The van der Waals surface area contributed by atoms with Crippen molar-refractivity contribution < 1.29 is 8.42 Å². The summed E-state index contributed by atoms with van der Waals surface area (Å²) in [7, 11) is -3.31. The average molecular weight is 260 g/mol. The number of nitrogens with one attached hydrogen (secondary N) is 1. The molecule has 2 fully saturated rings. The topological polar surface area (TPSA) is 90.5 Å². The first-order valence-corrected chi connectivity index (χ1v) is 7.50. The van der Waals surface area contributed by atoms with Gasteiger partial charge >= 0.3 is 0 Å². The normalized spacial score (nSPS) is 28.4. The van der Waals surface area contributed by atoms with E-state index >= 15 is 0 Å². The van der Waals surface area contributed by atoms with Gasteiger partial charge in [0.2, 0.25) is 0 Å². The molecule has 0 radical (unpaired) electrons. The fraction of sp³-hybridized carbons (Fsp3) is 0.900. The molecule has 17 heavy (non-hydrogen) atoms. The van der Waals surface area contributed by atoms with Crippen molar-refractivity contribution in [3.05, 3.63) is 0 Å². The first kappa shape index (κ1) is 12.8. The van der Waals surface area contributed by atoms with Gasteiger partial charge in [-0.15, -0.1) is 0 Å². The second-order valence-corrected chi connectivity index (χ2v) is 6.69. The Labute approximate surface area is 102 Å². The summed E-state index contributed by atoms with van der Waals surface area (Å²) in [6, 6.07) is 0. The van der Waals surface area contributed by atoms with Gasteiger partial charge in [-0.3, -0.25) is 5.41 Å². The maximum atomic E-state index is 12.3. The summed E-state index contributed by atoms with van der Waals surface area (Å²) in [5.74, 6) is -0.00699. The summed E-state index contributed by atoms with van der Waals surface area (Å²) >= 11 is 0. The molecule has 0 spiro atoms. The summed E-state index contributed by atoms with van der Waals surface area (Å²) in [5, 5.41) is 7.44. The molecule has 1 unspecified atom stereocenters. The van der Waals surface area contributed by atoms with Crippen molar-refractivity contribution in [1.29, 1.82) is 5.41 Å². The molecule has 98 valence electrons. The number of rotatable bonds is 3. The molecule has 2 heterocycles. The van der Waals surface area contributed by atoms with Crippen molar-refractivity contribution in [1.82, 2.24) is 8.61 Å². The fourth-order valence-corrected chi connectivity index (χ4v) is 4.26. The molecule has 0 aromatic heterocycles. The summed E-state index contributed by atoms with van der Waals surface area (Å²) in [5.41, 5.74) is 5.47. The number of piperidine rings is 1. The second kappa shape index (κ2) is 4.91. The minimum absolute atomic E-state index is 0.103. The quantitative estimate of drug-likeness (QED) is 0.551. The van der Waals surface area contributed by atoms with Crippen LogP contribution in [0.25, 0.3) is 0 Å². The molecule has 0 bridgehead atoms. The van der Waals surface area contributed by atoms with Gasteiger partial charge in [0.15, 0.2) is 0 Å². The van der Waals surface area contributed by atoms with Gasteiger partial charge < -0.3 is 5.73 Å². The van der Waals surface area contributed by atoms with Crippen LogP contribution in [0.5, 0.6) is 0 Å². The summed E-state index contributed by atoms with van der Waals surface area (Å²) in [6.45, 7) is 2.18. The van der Waals surface area contributed by atoms with E-state index in [-0.39, 0.29) is 11.8 Å². The lowest BCUT2D eigenvalue weighted by molar-refractivity contribution is 0.288. The average Bonchev–Trinajstić information content (AvgIpc) is 2.83. The molecule has 6 nitrogen and oxygen atoms in total. The van der Waals surface area contributed by atoms with Crippen LogP contribution in [0.1, 0.15) is 25.7 Å². The molecule has 0 aromatic carbocycles. The Bertz CT molecular complexity index is 389. The van der Waals surface area contributed by atoms with E-state index in [2.05, 4.69) is 0 Å². The minimum atomic E-state index is -3.31. The van der Waals surface area contributed by atoms with Gasteiger partial charge in [0.05, 0.1) is 5.84 Å². The zero-order chi connectivity index (χ0) is 12.5. The molecule has 7 heteroatoms.